The number of sulfone groups is 1. The second kappa shape index (κ2) is 5.53. The number of aromatic nitrogens is 1. The molecule has 2 heterocycles. The van der Waals surface area contributed by atoms with Gasteiger partial charge < -0.3 is 4.42 Å². The lowest BCUT2D eigenvalue weighted by molar-refractivity contribution is 0.526. The summed E-state index contributed by atoms with van der Waals surface area (Å²) in [4.78, 5) is 3.80. The van der Waals surface area contributed by atoms with Crippen LogP contribution in [0.25, 0.3) is 11.0 Å². The summed E-state index contributed by atoms with van der Waals surface area (Å²) in [6.07, 6.45) is 1.37. The van der Waals surface area contributed by atoms with E-state index in [1.54, 1.807) is 12.1 Å². The van der Waals surface area contributed by atoms with Gasteiger partial charge in [0.25, 0.3) is 0 Å². The van der Waals surface area contributed by atoms with E-state index in [4.69, 9.17) is 4.42 Å². The maximum absolute atomic E-state index is 13.6. The fraction of sp³-hybridized carbons (Fsp3) is 0.188. The van der Waals surface area contributed by atoms with Crippen LogP contribution >= 0.6 is 0 Å². The highest BCUT2D eigenvalue weighted by molar-refractivity contribution is 7.90. The van der Waals surface area contributed by atoms with E-state index in [2.05, 4.69) is 4.98 Å². The number of rotatable bonds is 4. The van der Waals surface area contributed by atoms with Gasteiger partial charge in [-0.15, -0.1) is 0 Å². The number of nitrogens with zero attached hydrogens (tertiary/aromatic N) is 1. The topological polar surface area (TPSA) is 60.2 Å². The SMILES string of the molecule is CC(c1cc2ccccc2o1)S(=O)(=O)Cc1ncccc1F. The van der Waals surface area contributed by atoms with Gasteiger partial charge >= 0.3 is 0 Å². The van der Waals surface area contributed by atoms with Gasteiger partial charge in [-0.2, -0.15) is 0 Å². The predicted molar refractivity (Wildman–Crippen MR) is 81.4 cm³/mol. The Labute approximate surface area is 127 Å². The monoisotopic (exact) mass is 319 g/mol. The molecule has 3 aromatic rings. The maximum atomic E-state index is 13.6. The van der Waals surface area contributed by atoms with Crippen molar-refractivity contribution in [3.63, 3.8) is 0 Å². The molecule has 0 N–H and O–H groups in total. The van der Waals surface area contributed by atoms with E-state index >= 15 is 0 Å². The minimum atomic E-state index is -3.63. The number of pyridine rings is 1. The fourth-order valence-electron chi connectivity index (χ4n) is 2.22. The number of furan rings is 1. The molecule has 114 valence electrons. The molecule has 0 spiro atoms. The summed E-state index contributed by atoms with van der Waals surface area (Å²) in [5, 5.41) is -0.0372. The first-order valence-electron chi connectivity index (χ1n) is 6.77. The van der Waals surface area contributed by atoms with Crippen molar-refractivity contribution in [3.8, 4) is 0 Å². The van der Waals surface area contributed by atoms with Crippen LogP contribution in [-0.4, -0.2) is 13.4 Å². The first-order chi connectivity index (χ1) is 10.5. The fourth-order valence-corrected chi connectivity index (χ4v) is 3.53. The molecular weight excluding hydrogens is 305 g/mol. The summed E-state index contributed by atoms with van der Waals surface area (Å²) in [5.41, 5.74) is 0.550. The molecule has 0 bridgehead atoms. The minimum absolute atomic E-state index is 0.0783. The average Bonchev–Trinajstić information content (AvgIpc) is 2.92. The molecule has 0 radical (unpaired) electrons. The molecule has 0 saturated heterocycles. The lowest BCUT2D eigenvalue weighted by Crippen LogP contribution is -2.14. The van der Waals surface area contributed by atoms with Crippen LogP contribution in [0, 0.1) is 5.82 Å². The van der Waals surface area contributed by atoms with Crippen molar-refractivity contribution in [1.82, 2.24) is 4.98 Å². The third-order valence-corrected chi connectivity index (χ3v) is 5.54. The predicted octanol–water partition coefficient (Wildman–Crippen LogP) is 3.64. The number of fused-ring (bicyclic) bond motifs is 1. The van der Waals surface area contributed by atoms with Gasteiger partial charge in [0.05, 0.1) is 11.4 Å². The number of hydrogen-bond donors (Lipinski definition) is 0. The quantitative estimate of drug-likeness (QED) is 0.736. The van der Waals surface area contributed by atoms with E-state index < -0.39 is 26.7 Å². The molecule has 3 rings (SSSR count). The van der Waals surface area contributed by atoms with Crippen molar-refractivity contribution in [3.05, 3.63) is 65.9 Å². The van der Waals surface area contributed by atoms with Gasteiger partial charge in [-0.1, -0.05) is 18.2 Å². The average molecular weight is 319 g/mol. The van der Waals surface area contributed by atoms with E-state index in [1.807, 2.05) is 18.2 Å². The van der Waals surface area contributed by atoms with Crippen molar-refractivity contribution >= 4 is 20.8 Å². The van der Waals surface area contributed by atoms with Gasteiger partial charge in [-0.05, 0) is 31.2 Å². The zero-order valence-electron chi connectivity index (χ0n) is 11.9. The van der Waals surface area contributed by atoms with Gasteiger partial charge in [0.2, 0.25) is 0 Å². The molecule has 1 unspecified atom stereocenters. The van der Waals surface area contributed by atoms with Gasteiger partial charge in [-0.25, -0.2) is 12.8 Å². The standard InChI is InChI=1S/C16H14FNO3S/c1-11(16-9-12-5-2-3-7-15(12)21-16)22(19,20)10-14-13(17)6-4-8-18-14/h2-9,11H,10H2,1H3. The van der Waals surface area contributed by atoms with Gasteiger partial charge in [0.15, 0.2) is 9.84 Å². The number of para-hydroxylation sites is 1. The van der Waals surface area contributed by atoms with Crippen LogP contribution in [-0.2, 0) is 15.6 Å². The van der Waals surface area contributed by atoms with Crippen molar-refractivity contribution < 1.29 is 17.2 Å². The van der Waals surface area contributed by atoms with Crippen molar-refractivity contribution in [2.24, 2.45) is 0 Å². The van der Waals surface area contributed by atoms with Crippen molar-refractivity contribution in [2.75, 3.05) is 0 Å². The smallest absolute Gasteiger partial charge is 0.165 e. The lowest BCUT2D eigenvalue weighted by atomic mass is 10.2. The third kappa shape index (κ3) is 2.74. The Bertz CT molecular complexity index is 885. The normalized spacial score (nSPS) is 13.4. The van der Waals surface area contributed by atoms with Gasteiger partial charge in [0.1, 0.15) is 22.4 Å². The largest absolute Gasteiger partial charge is 0.460 e. The third-order valence-electron chi connectivity index (χ3n) is 3.56. The van der Waals surface area contributed by atoms with Crippen LogP contribution in [0.2, 0.25) is 0 Å². The Morgan fingerprint density at radius 2 is 2.00 bits per heavy atom. The van der Waals surface area contributed by atoms with E-state index in [0.29, 0.717) is 11.3 Å². The molecule has 2 aromatic heterocycles. The van der Waals surface area contributed by atoms with E-state index in [9.17, 15) is 12.8 Å². The molecule has 0 fully saturated rings. The summed E-state index contributed by atoms with van der Waals surface area (Å²) in [6, 6.07) is 11.6. The van der Waals surface area contributed by atoms with Crippen LogP contribution in [0.15, 0.2) is 53.1 Å². The molecule has 0 saturated carbocycles. The molecule has 1 aromatic carbocycles. The van der Waals surface area contributed by atoms with E-state index in [1.165, 1.54) is 25.3 Å². The Morgan fingerprint density at radius 3 is 2.73 bits per heavy atom. The first-order valence-corrected chi connectivity index (χ1v) is 8.48. The molecule has 0 aliphatic rings. The number of halogens is 1. The van der Waals surface area contributed by atoms with Crippen LogP contribution in [0.3, 0.4) is 0 Å². The Balaban J connectivity index is 1.93. The summed E-state index contributed by atoms with van der Waals surface area (Å²) in [6.45, 7) is 1.54. The molecule has 22 heavy (non-hydrogen) atoms. The Morgan fingerprint density at radius 1 is 1.23 bits per heavy atom. The molecule has 0 aliphatic carbocycles. The van der Waals surface area contributed by atoms with Gasteiger partial charge in [-0.3, -0.25) is 4.98 Å². The molecular formula is C16H14FNO3S. The summed E-state index contributed by atoms with van der Waals surface area (Å²) in [7, 11) is -3.63. The number of benzene rings is 1. The summed E-state index contributed by atoms with van der Waals surface area (Å²) >= 11 is 0. The molecule has 0 amide bonds. The van der Waals surface area contributed by atoms with Crippen molar-refractivity contribution in [2.45, 2.75) is 17.9 Å². The molecule has 0 aliphatic heterocycles. The van der Waals surface area contributed by atoms with Crippen LogP contribution in [0.1, 0.15) is 23.6 Å². The molecule has 4 nitrogen and oxygen atoms in total. The zero-order valence-corrected chi connectivity index (χ0v) is 12.7. The van der Waals surface area contributed by atoms with Gasteiger partial charge in [0, 0.05) is 11.6 Å². The summed E-state index contributed by atoms with van der Waals surface area (Å²) in [5.74, 6) is -0.738. The minimum Gasteiger partial charge on any atom is -0.460 e. The number of hydrogen-bond acceptors (Lipinski definition) is 4. The maximum Gasteiger partial charge on any atom is 0.165 e. The zero-order chi connectivity index (χ0) is 15.7. The first kappa shape index (κ1) is 14.7. The van der Waals surface area contributed by atoms with Crippen molar-refractivity contribution in [1.29, 1.82) is 0 Å². The highest BCUT2D eigenvalue weighted by atomic mass is 32.2. The molecule has 6 heteroatoms. The van der Waals surface area contributed by atoms with E-state index in [0.717, 1.165) is 5.39 Å². The van der Waals surface area contributed by atoms with Crippen LogP contribution in [0.4, 0.5) is 4.39 Å². The van der Waals surface area contributed by atoms with E-state index in [-0.39, 0.29) is 5.69 Å². The second-order valence-corrected chi connectivity index (χ2v) is 7.39. The highest BCUT2D eigenvalue weighted by Crippen LogP contribution is 2.30. The van der Waals surface area contributed by atoms with Crippen LogP contribution in [0.5, 0.6) is 0 Å². The Hall–Kier alpha value is -2.21. The highest BCUT2D eigenvalue weighted by Gasteiger charge is 2.27. The lowest BCUT2D eigenvalue weighted by Gasteiger charge is -2.10. The van der Waals surface area contributed by atoms with Crippen LogP contribution < -0.4 is 0 Å². The molecule has 1 atom stereocenters. The second-order valence-electron chi connectivity index (χ2n) is 5.07. The Kier molecular flexibility index (Phi) is 3.70. The summed E-state index contributed by atoms with van der Waals surface area (Å²) < 4.78 is 44.1.